The van der Waals surface area contributed by atoms with Crippen LogP contribution in [0.25, 0.3) is 0 Å². The van der Waals surface area contributed by atoms with Crippen molar-refractivity contribution in [3.8, 4) is 5.75 Å². The first kappa shape index (κ1) is 10.6. The normalized spacial score (nSPS) is 27.4. The monoisotopic (exact) mass is 232 g/mol. The van der Waals surface area contributed by atoms with Gasteiger partial charge in [-0.15, -0.1) is 0 Å². The van der Waals surface area contributed by atoms with Crippen LogP contribution in [0.3, 0.4) is 0 Å². The molecule has 2 aliphatic heterocycles. The number of carbonyl (C=O) groups excluding carboxylic acids is 1. The van der Waals surface area contributed by atoms with Crippen LogP contribution in [0, 0.1) is 11.8 Å². The molecule has 2 heterocycles. The summed E-state index contributed by atoms with van der Waals surface area (Å²) in [4.78, 5) is 14.1. The van der Waals surface area contributed by atoms with E-state index in [0.717, 1.165) is 31.1 Å². The van der Waals surface area contributed by atoms with Gasteiger partial charge in [-0.2, -0.15) is 0 Å². The van der Waals surface area contributed by atoms with Crippen LogP contribution < -0.4 is 15.0 Å². The zero-order valence-corrected chi connectivity index (χ0v) is 9.85. The molecule has 0 bridgehead atoms. The predicted octanol–water partition coefficient (Wildman–Crippen LogP) is 0.877. The smallest absolute Gasteiger partial charge is 0.231 e. The van der Waals surface area contributed by atoms with Crippen LogP contribution in [-0.2, 0) is 4.79 Å². The Hall–Kier alpha value is -1.55. The molecule has 4 nitrogen and oxygen atoms in total. The van der Waals surface area contributed by atoms with Gasteiger partial charge in [0.25, 0.3) is 0 Å². The Balaban J connectivity index is 1.82. The van der Waals surface area contributed by atoms with Gasteiger partial charge in [-0.25, -0.2) is 0 Å². The Morgan fingerprint density at radius 1 is 1.29 bits per heavy atom. The van der Waals surface area contributed by atoms with Gasteiger partial charge < -0.3 is 15.0 Å². The summed E-state index contributed by atoms with van der Waals surface area (Å²) in [6.07, 6.45) is 0. The third-order valence-corrected chi connectivity index (χ3v) is 3.72. The predicted molar refractivity (Wildman–Crippen MR) is 65.2 cm³/mol. The standard InChI is InChI=1S/C13H16N2O2/c1-17-11-4-2-10(3-5-11)15-8-9-6-14-7-12(9)13(15)16/h2-5,9,12,14H,6-8H2,1H3/t9-,12-/m0/s1. The molecule has 1 amide bonds. The van der Waals surface area contributed by atoms with E-state index in [1.165, 1.54) is 0 Å². The average molecular weight is 232 g/mol. The molecule has 0 aliphatic carbocycles. The third-order valence-electron chi connectivity index (χ3n) is 3.72. The summed E-state index contributed by atoms with van der Waals surface area (Å²) in [7, 11) is 1.64. The Morgan fingerprint density at radius 3 is 2.71 bits per heavy atom. The lowest BCUT2D eigenvalue weighted by molar-refractivity contribution is -0.120. The molecule has 4 heteroatoms. The molecule has 3 rings (SSSR count). The number of nitrogens with zero attached hydrogens (tertiary/aromatic N) is 1. The molecule has 17 heavy (non-hydrogen) atoms. The molecule has 1 aromatic carbocycles. The Kier molecular flexibility index (Phi) is 2.52. The number of fused-ring (bicyclic) bond motifs is 1. The summed E-state index contributed by atoms with van der Waals surface area (Å²) >= 11 is 0. The van der Waals surface area contributed by atoms with E-state index in [1.54, 1.807) is 7.11 Å². The van der Waals surface area contributed by atoms with Crippen molar-refractivity contribution in [2.24, 2.45) is 11.8 Å². The molecule has 2 atom stereocenters. The van der Waals surface area contributed by atoms with E-state index in [0.29, 0.717) is 5.92 Å². The van der Waals surface area contributed by atoms with E-state index in [4.69, 9.17) is 4.74 Å². The van der Waals surface area contributed by atoms with Gasteiger partial charge in [0.1, 0.15) is 5.75 Å². The average Bonchev–Trinajstić information content (AvgIpc) is 2.93. The van der Waals surface area contributed by atoms with Crippen molar-refractivity contribution in [2.45, 2.75) is 0 Å². The van der Waals surface area contributed by atoms with Gasteiger partial charge in [-0.05, 0) is 24.3 Å². The van der Waals surface area contributed by atoms with E-state index in [2.05, 4.69) is 5.32 Å². The van der Waals surface area contributed by atoms with Gasteiger partial charge in [0.2, 0.25) is 5.91 Å². The molecule has 2 fully saturated rings. The minimum atomic E-state index is 0.178. The van der Waals surface area contributed by atoms with Crippen LogP contribution >= 0.6 is 0 Å². The molecule has 90 valence electrons. The van der Waals surface area contributed by atoms with E-state index >= 15 is 0 Å². The Bertz CT molecular complexity index is 430. The minimum absolute atomic E-state index is 0.178. The van der Waals surface area contributed by atoms with Gasteiger partial charge in [-0.1, -0.05) is 0 Å². The second-order valence-electron chi connectivity index (χ2n) is 4.67. The molecular formula is C13H16N2O2. The number of nitrogens with one attached hydrogen (secondary N) is 1. The molecule has 2 saturated heterocycles. The fourth-order valence-corrected chi connectivity index (χ4v) is 2.73. The number of carbonyl (C=O) groups is 1. The number of hydrogen-bond acceptors (Lipinski definition) is 3. The molecule has 0 unspecified atom stereocenters. The van der Waals surface area contributed by atoms with Crippen molar-refractivity contribution < 1.29 is 9.53 Å². The zero-order valence-electron chi connectivity index (χ0n) is 9.85. The highest BCUT2D eigenvalue weighted by molar-refractivity contribution is 5.98. The van der Waals surface area contributed by atoms with Crippen LogP contribution in [0.2, 0.25) is 0 Å². The summed E-state index contributed by atoms with van der Waals surface area (Å²) in [5, 5.41) is 3.28. The number of ether oxygens (including phenoxy) is 1. The number of hydrogen-bond donors (Lipinski definition) is 1. The lowest BCUT2D eigenvalue weighted by Gasteiger charge is -2.18. The molecule has 0 radical (unpaired) electrons. The summed E-state index contributed by atoms with van der Waals surface area (Å²) in [5.74, 6) is 1.73. The summed E-state index contributed by atoms with van der Waals surface area (Å²) in [6, 6.07) is 7.69. The number of benzene rings is 1. The summed E-state index contributed by atoms with van der Waals surface area (Å²) < 4.78 is 5.12. The molecule has 0 saturated carbocycles. The maximum Gasteiger partial charge on any atom is 0.231 e. The first-order valence-corrected chi connectivity index (χ1v) is 5.96. The molecule has 2 aliphatic rings. The quantitative estimate of drug-likeness (QED) is 0.823. The largest absolute Gasteiger partial charge is 0.497 e. The van der Waals surface area contributed by atoms with Crippen molar-refractivity contribution in [1.29, 1.82) is 0 Å². The van der Waals surface area contributed by atoms with Crippen molar-refractivity contribution in [2.75, 3.05) is 31.6 Å². The minimum Gasteiger partial charge on any atom is -0.497 e. The second-order valence-corrected chi connectivity index (χ2v) is 4.67. The molecule has 1 aromatic rings. The highest BCUT2D eigenvalue weighted by Crippen LogP contribution is 2.32. The second kappa shape index (κ2) is 4.04. The first-order valence-electron chi connectivity index (χ1n) is 5.96. The van der Waals surface area contributed by atoms with E-state index in [-0.39, 0.29) is 11.8 Å². The maximum absolute atomic E-state index is 12.2. The van der Waals surface area contributed by atoms with Crippen LogP contribution in [0.15, 0.2) is 24.3 Å². The van der Waals surface area contributed by atoms with Gasteiger partial charge in [-0.3, -0.25) is 4.79 Å². The van der Waals surface area contributed by atoms with Gasteiger partial charge in [0, 0.05) is 31.2 Å². The topological polar surface area (TPSA) is 41.6 Å². The van der Waals surface area contributed by atoms with Crippen LogP contribution in [0.4, 0.5) is 5.69 Å². The van der Waals surface area contributed by atoms with Gasteiger partial charge in [0.05, 0.1) is 13.0 Å². The number of rotatable bonds is 2. The molecule has 0 spiro atoms. The van der Waals surface area contributed by atoms with E-state index in [9.17, 15) is 4.79 Å². The maximum atomic E-state index is 12.2. The highest BCUT2D eigenvalue weighted by atomic mass is 16.5. The fraction of sp³-hybridized carbons (Fsp3) is 0.462. The van der Waals surface area contributed by atoms with Gasteiger partial charge >= 0.3 is 0 Å². The first-order chi connectivity index (χ1) is 8.29. The van der Waals surface area contributed by atoms with Crippen LogP contribution in [0.1, 0.15) is 0 Å². The highest BCUT2D eigenvalue weighted by Gasteiger charge is 2.43. The lowest BCUT2D eigenvalue weighted by atomic mass is 10.0. The van der Waals surface area contributed by atoms with Crippen LogP contribution in [0.5, 0.6) is 5.75 Å². The van der Waals surface area contributed by atoms with Crippen molar-refractivity contribution in [3.63, 3.8) is 0 Å². The zero-order chi connectivity index (χ0) is 11.8. The SMILES string of the molecule is COc1ccc(N2C[C@@H]3CNC[C@@H]3C2=O)cc1. The van der Waals surface area contributed by atoms with Crippen molar-refractivity contribution >= 4 is 11.6 Å². The number of amides is 1. The number of methoxy groups -OCH3 is 1. The third kappa shape index (κ3) is 1.69. The summed E-state index contributed by atoms with van der Waals surface area (Å²) in [5.41, 5.74) is 0.977. The van der Waals surface area contributed by atoms with Crippen molar-refractivity contribution in [1.82, 2.24) is 5.32 Å². The molecule has 0 aromatic heterocycles. The Labute approximate surface area is 101 Å². The molecule has 1 N–H and O–H groups in total. The molecular weight excluding hydrogens is 216 g/mol. The Morgan fingerprint density at radius 2 is 2.06 bits per heavy atom. The van der Waals surface area contributed by atoms with Crippen LogP contribution in [-0.4, -0.2) is 32.7 Å². The summed E-state index contributed by atoms with van der Waals surface area (Å²) in [6.45, 7) is 2.63. The number of anilines is 1. The lowest BCUT2D eigenvalue weighted by Crippen LogP contribution is -2.30. The fourth-order valence-electron chi connectivity index (χ4n) is 2.73. The van der Waals surface area contributed by atoms with Gasteiger partial charge in [0.15, 0.2) is 0 Å². The van der Waals surface area contributed by atoms with E-state index in [1.807, 2.05) is 29.2 Å². The van der Waals surface area contributed by atoms with E-state index < -0.39 is 0 Å². The van der Waals surface area contributed by atoms with Crippen molar-refractivity contribution in [3.05, 3.63) is 24.3 Å².